The van der Waals surface area contributed by atoms with Crippen molar-refractivity contribution in [2.24, 2.45) is 0 Å². The van der Waals surface area contributed by atoms with E-state index in [-0.39, 0.29) is 11.8 Å². The number of benzene rings is 1. The van der Waals surface area contributed by atoms with E-state index in [1.54, 1.807) is 6.07 Å². The summed E-state index contributed by atoms with van der Waals surface area (Å²) < 4.78 is 5.58. The highest BCUT2D eigenvalue weighted by molar-refractivity contribution is 5.87. The van der Waals surface area contributed by atoms with E-state index in [1.807, 2.05) is 32.4 Å². The summed E-state index contributed by atoms with van der Waals surface area (Å²) in [5.74, 6) is -0.412. The molecule has 30 heavy (non-hydrogen) atoms. The molecule has 0 saturated heterocycles. The van der Waals surface area contributed by atoms with Crippen LogP contribution in [0.5, 0.6) is 5.75 Å². The summed E-state index contributed by atoms with van der Waals surface area (Å²) in [7, 11) is 4.06. The molecular formula is C22H32N4O4. The molecule has 0 unspecified atom stereocenters. The fourth-order valence-corrected chi connectivity index (χ4v) is 3.19. The van der Waals surface area contributed by atoms with Gasteiger partial charge in [0.05, 0.1) is 0 Å². The lowest BCUT2D eigenvalue weighted by Gasteiger charge is -2.17. The number of aromatic amines is 1. The molecule has 164 valence electrons. The van der Waals surface area contributed by atoms with E-state index < -0.39 is 12.0 Å². The van der Waals surface area contributed by atoms with Gasteiger partial charge in [0.15, 0.2) is 0 Å². The van der Waals surface area contributed by atoms with Crippen LogP contribution in [0, 0.1) is 0 Å². The highest BCUT2D eigenvalue weighted by atomic mass is 16.5. The van der Waals surface area contributed by atoms with Gasteiger partial charge in [0, 0.05) is 44.0 Å². The summed E-state index contributed by atoms with van der Waals surface area (Å²) in [6.07, 6.45) is 4.69. The largest absolute Gasteiger partial charge is 0.425 e. The van der Waals surface area contributed by atoms with Crippen LogP contribution in [-0.2, 0) is 20.8 Å². The first-order chi connectivity index (χ1) is 14.3. The number of carbonyl (C=O) groups excluding carboxylic acids is 3. The van der Waals surface area contributed by atoms with E-state index in [9.17, 15) is 14.4 Å². The number of aromatic nitrogens is 1. The summed E-state index contributed by atoms with van der Waals surface area (Å²) in [6, 6.07) is 4.76. The van der Waals surface area contributed by atoms with Crippen LogP contribution >= 0.6 is 0 Å². The minimum absolute atomic E-state index is 0.0853. The molecule has 0 fully saturated rings. The topological polar surface area (TPSA) is 104 Å². The summed E-state index contributed by atoms with van der Waals surface area (Å²) in [6.45, 7) is 4.29. The van der Waals surface area contributed by atoms with E-state index in [4.69, 9.17) is 4.74 Å². The molecule has 0 aliphatic heterocycles. The normalized spacial score (nSPS) is 12.0. The third kappa shape index (κ3) is 7.51. The number of hydrogen-bond donors (Lipinski definition) is 3. The lowest BCUT2D eigenvalue weighted by atomic mass is 10.1. The SMILES string of the molecule is CC(=O)NCCCC[C@H](NC(C)=O)C(=O)Oc1ccc2[nH]cc(CCN(C)C)c2c1. The molecule has 0 aliphatic rings. The highest BCUT2D eigenvalue weighted by Gasteiger charge is 2.21. The number of H-pyrrole nitrogens is 1. The Bertz CT molecular complexity index is 875. The zero-order valence-electron chi connectivity index (χ0n) is 18.2. The summed E-state index contributed by atoms with van der Waals surface area (Å²) >= 11 is 0. The second-order valence-electron chi connectivity index (χ2n) is 7.73. The molecule has 2 amide bonds. The Kier molecular flexibility index (Phi) is 8.86. The first-order valence-corrected chi connectivity index (χ1v) is 10.2. The molecule has 1 heterocycles. The van der Waals surface area contributed by atoms with Crippen molar-refractivity contribution in [2.45, 2.75) is 45.6 Å². The maximum absolute atomic E-state index is 12.7. The predicted octanol–water partition coefficient (Wildman–Crippen LogP) is 1.99. The average Bonchev–Trinajstić information content (AvgIpc) is 3.06. The lowest BCUT2D eigenvalue weighted by Crippen LogP contribution is -2.42. The Hall–Kier alpha value is -2.87. The fourth-order valence-electron chi connectivity index (χ4n) is 3.19. The average molecular weight is 417 g/mol. The van der Waals surface area contributed by atoms with Gasteiger partial charge in [-0.25, -0.2) is 4.79 Å². The zero-order chi connectivity index (χ0) is 22.1. The molecule has 0 radical (unpaired) electrons. The Labute approximate surface area is 177 Å². The van der Waals surface area contributed by atoms with Gasteiger partial charge in [-0.1, -0.05) is 0 Å². The van der Waals surface area contributed by atoms with Crippen LogP contribution in [0.3, 0.4) is 0 Å². The lowest BCUT2D eigenvalue weighted by molar-refractivity contribution is -0.139. The fraction of sp³-hybridized carbons (Fsp3) is 0.500. The van der Waals surface area contributed by atoms with E-state index in [0.717, 1.165) is 29.4 Å². The number of nitrogens with one attached hydrogen (secondary N) is 3. The number of amides is 2. The number of carbonyl (C=O) groups is 3. The molecular weight excluding hydrogens is 384 g/mol. The van der Waals surface area contributed by atoms with Gasteiger partial charge in [-0.05, 0) is 63.5 Å². The number of nitrogens with zero attached hydrogens (tertiary/aromatic N) is 1. The third-order valence-electron chi connectivity index (χ3n) is 4.74. The molecule has 8 heteroatoms. The Balaban J connectivity index is 2.02. The minimum Gasteiger partial charge on any atom is -0.425 e. The van der Waals surface area contributed by atoms with Gasteiger partial charge < -0.3 is 25.3 Å². The van der Waals surface area contributed by atoms with Crippen LogP contribution in [0.25, 0.3) is 10.9 Å². The van der Waals surface area contributed by atoms with E-state index in [1.165, 1.54) is 13.8 Å². The van der Waals surface area contributed by atoms with Crippen molar-refractivity contribution in [3.63, 3.8) is 0 Å². The van der Waals surface area contributed by atoms with Crippen molar-refractivity contribution in [1.29, 1.82) is 0 Å². The number of likely N-dealkylation sites (N-methyl/N-ethyl adjacent to an activating group) is 1. The van der Waals surface area contributed by atoms with Gasteiger partial charge >= 0.3 is 5.97 Å². The van der Waals surface area contributed by atoms with Crippen molar-refractivity contribution in [2.75, 3.05) is 27.2 Å². The molecule has 1 atom stereocenters. The monoisotopic (exact) mass is 416 g/mol. The van der Waals surface area contributed by atoms with Gasteiger partial charge in [-0.2, -0.15) is 0 Å². The maximum atomic E-state index is 12.7. The van der Waals surface area contributed by atoms with Crippen LogP contribution in [0.15, 0.2) is 24.4 Å². The first kappa shape index (κ1) is 23.4. The van der Waals surface area contributed by atoms with Crippen LogP contribution < -0.4 is 15.4 Å². The smallest absolute Gasteiger partial charge is 0.334 e. The van der Waals surface area contributed by atoms with Gasteiger partial charge in [-0.15, -0.1) is 0 Å². The molecule has 1 aromatic heterocycles. The number of ether oxygens (including phenoxy) is 1. The summed E-state index contributed by atoms with van der Waals surface area (Å²) in [5, 5.41) is 6.40. The second kappa shape index (κ2) is 11.3. The highest BCUT2D eigenvalue weighted by Crippen LogP contribution is 2.24. The van der Waals surface area contributed by atoms with Crippen molar-refractivity contribution in [3.8, 4) is 5.75 Å². The minimum atomic E-state index is -0.727. The van der Waals surface area contributed by atoms with Crippen molar-refractivity contribution < 1.29 is 19.1 Å². The van der Waals surface area contributed by atoms with Crippen LogP contribution in [0.2, 0.25) is 0 Å². The predicted molar refractivity (Wildman–Crippen MR) is 116 cm³/mol. The number of hydrogen-bond acceptors (Lipinski definition) is 5. The summed E-state index contributed by atoms with van der Waals surface area (Å²) in [4.78, 5) is 40.5. The van der Waals surface area contributed by atoms with Gasteiger partial charge in [-0.3, -0.25) is 9.59 Å². The molecule has 0 spiro atoms. The molecule has 3 N–H and O–H groups in total. The second-order valence-corrected chi connectivity index (χ2v) is 7.73. The van der Waals surface area contributed by atoms with Gasteiger partial charge in [0.25, 0.3) is 0 Å². The number of unbranched alkanes of at least 4 members (excludes halogenated alkanes) is 1. The maximum Gasteiger partial charge on any atom is 0.334 e. The third-order valence-corrected chi connectivity index (χ3v) is 4.74. The van der Waals surface area contributed by atoms with Crippen molar-refractivity contribution >= 4 is 28.7 Å². The molecule has 2 aromatic rings. The Morgan fingerprint density at radius 1 is 1.13 bits per heavy atom. The quantitative estimate of drug-likeness (QED) is 0.295. The van der Waals surface area contributed by atoms with Gasteiger partial charge in [0.1, 0.15) is 11.8 Å². The molecule has 0 aliphatic carbocycles. The zero-order valence-corrected chi connectivity index (χ0v) is 18.2. The van der Waals surface area contributed by atoms with E-state index in [2.05, 4.69) is 20.5 Å². The first-order valence-electron chi connectivity index (χ1n) is 10.2. The number of esters is 1. The van der Waals surface area contributed by atoms with Gasteiger partial charge in [0.2, 0.25) is 11.8 Å². The molecule has 2 rings (SSSR count). The van der Waals surface area contributed by atoms with Crippen LogP contribution in [-0.4, -0.2) is 60.9 Å². The van der Waals surface area contributed by atoms with Crippen LogP contribution in [0.1, 0.15) is 38.7 Å². The Morgan fingerprint density at radius 2 is 1.90 bits per heavy atom. The standard InChI is InChI=1S/C22H32N4O4/c1-15(27)23-11-6-5-7-21(25-16(2)28)22(29)30-18-8-9-20-19(13-18)17(14-24-20)10-12-26(3)4/h8-9,13-14,21,24H,5-7,10-12H2,1-4H3,(H,23,27)(H,25,28)/t21-/m0/s1. The van der Waals surface area contributed by atoms with Crippen molar-refractivity contribution in [3.05, 3.63) is 30.0 Å². The molecule has 8 nitrogen and oxygen atoms in total. The Morgan fingerprint density at radius 3 is 2.57 bits per heavy atom. The van der Waals surface area contributed by atoms with E-state index in [0.29, 0.717) is 31.6 Å². The van der Waals surface area contributed by atoms with Crippen LogP contribution in [0.4, 0.5) is 0 Å². The number of fused-ring (bicyclic) bond motifs is 1. The van der Waals surface area contributed by atoms with Crippen molar-refractivity contribution in [1.82, 2.24) is 20.5 Å². The van der Waals surface area contributed by atoms with E-state index >= 15 is 0 Å². The molecule has 1 aromatic carbocycles. The molecule has 0 bridgehead atoms. The summed E-state index contributed by atoms with van der Waals surface area (Å²) in [5.41, 5.74) is 2.15. The molecule has 0 saturated carbocycles. The number of rotatable bonds is 11.